The van der Waals surface area contributed by atoms with E-state index in [2.05, 4.69) is 4.99 Å². The zero-order chi connectivity index (χ0) is 26.7. The Labute approximate surface area is 222 Å². The summed E-state index contributed by atoms with van der Waals surface area (Å²) in [6, 6.07) is 13.3. The second-order valence-electron chi connectivity index (χ2n) is 8.36. The first kappa shape index (κ1) is 26.4. The molecule has 1 amide bonds. The zero-order valence-electron chi connectivity index (χ0n) is 20.6. The summed E-state index contributed by atoms with van der Waals surface area (Å²) in [4.78, 5) is 44.9. The monoisotopic (exact) mass is 539 g/mol. The molecular formula is C27H26ClN3O5S. The molecule has 0 saturated heterocycles. The molecule has 0 radical (unpaired) electrons. The predicted octanol–water partition coefficient (Wildman–Crippen LogP) is 3.22. The van der Waals surface area contributed by atoms with Crippen molar-refractivity contribution in [2.75, 3.05) is 19.7 Å². The maximum Gasteiger partial charge on any atom is 0.341 e. The Kier molecular flexibility index (Phi) is 7.94. The number of benzene rings is 2. The molecule has 10 heteroatoms. The molecule has 8 nitrogen and oxygen atoms in total. The van der Waals surface area contributed by atoms with Gasteiger partial charge in [0.1, 0.15) is 5.75 Å². The average molecular weight is 540 g/mol. The third-order valence-corrected chi connectivity index (χ3v) is 7.26. The number of amides is 1. The molecule has 1 aliphatic heterocycles. The Balaban J connectivity index is 1.83. The highest BCUT2D eigenvalue weighted by atomic mass is 35.5. The quantitative estimate of drug-likeness (QED) is 0.473. The number of halogens is 1. The predicted molar refractivity (Wildman–Crippen MR) is 143 cm³/mol. The van der Waals surface area contributed by atoms with Gasteiger partial charge in [0, 0.05) is 18.1 Å². The van der Waals surface area contributed by atoms with Crippen LogP contribution in [0.2, 0.25) is 5.02 Å². The number of hydrogen-bond donors (Lipinski definition) is 1. The van der Waals surface area contributed by atoms with Gasteiger partial charge in [-0.25, -0.2) is 9.79 Å². The van der Waals surface area contributed by atoms with Crippen molar-refractivity contribution >= 4 is 40.9 Å². The molecule has 1 atom stereocenters. The number of carbonyl (C=O) groups is 2. The van der Waals surface area contributed by atoms with Crippen LogP contribution in [0.5, 0.6) is 5.75 Å². The van der Waals surface area contributed by atoms with E-state index in [0.29, 0.717) is 44.5 Å². The van der Waals surface area contributed by atoms with Crippen molar-refractivity contribution < 1.29 is 19.4 Å². The van der Waals surface area contributed by atoms with Crippen molar-refractivity contribution in [3.8, 4) is 5.75 Å². The molecule has 2 heterocycles. The van der Waals surface area contributed by atoms with Gasteiger partial charge in [0.05, 0.1) is 21.8 Å². The molecule has 0 saturated carbocycles. The summed E-state index contributed by atoms with van der Waals surface area (Å²) in [6.45, 7) is 6.28. The standard InChI is InChI=1S/C27H26ClN3O5S/c1-4-30(5-2)26(35)23-16(3)29-27-31(24(23)18-8-10-19(28)11-9-18)25(34)21(37-27)14-17-6-12-20(13-7-17)36-15-22(32)33/h6-14,24H,4-5,15H2,1-3H3,(H,32,33)/b21-14+/t24-/m1/s1. The molecule has 0 spiro atoms. The van der Waals surface area contributed by atoms with Gasteiger partial charge in [-0.2, -0.15) is 0 Å². The van der Waals surface area contributed by atoms with Crippen LogP contribution in [0.15, 0.2) is 69.6 Å². The largest absolute Gasteiger partial charge is 0.482 e. The summed E-state index contributed by atoms with van der Waals surface area (Å²) >= 11 is 7.38. The lowest BCUT2D eigenvalue weighted by Gasteiger charge is -2.29. The Hall–Kier alpha value is -3.69. The van der Waals surface area contributed by atoms with Crippen molar-refractivity contribution in [1.82, 2.24) is 9.47 Å². The lowest BCUT2D eigenvalue weighted by atomic mass is 9.94. The lowest BCUT2D eigenvalue weighted by Crippen LogP contribution is -2.43. The van der Waals surface area contributed by atoms with Crippen LogP contribution in [0.1, 0.15) is 37.9 Å². The van der Waals surface area contributed by atoms with Gasteiger partial charge in [0.2, 0.25) is 0 Å². The summed E-state index contributed by atoms with van der Waals surface area (Å²) in [5.41, 5.74) is 2.29. The summed E-state index contributed by atoms with van der Waals surface area (Å²) in [7, 11) is 0. The van der Waals surface area contributed by atoms with E-state index < -0.39 is 18.6 Å². The first-order valence-corrected chi connectivity index (χ1v) is 12.9. The number of fused-ring (bicyclic) bond motifs is 1. The number of hydrogen-bond acceptors (Lipinski definition) is 6. The van der Waals surface area contributed by atoms with Gasteiger partial charge in [0.25, 0.3) is 11.5 Å². The fourth-order valence-electron chi connectivity index (χ4n) is 4.19. The topological polar surface area (TPSA) is 101 Å². The Morgan fingerprint density at radius 1 is 1.14 bits per heavy atom. The number of carboxylic acids is 1. The van der Waals surface area contributed by atoms with Gasteiger partial charge in [-0.15, -0.1) is 0 Å². The number of thiazole rings is 1. The van der Waals surface area contributed by atoms with E-state index in [1.165, 1.54) is 11.3 Å². The lowest BCUT2D eigenvalue weighted by molar-refractivity contribution is -0.139. The molecule has 1 N–H and O–H groups in total. The molecular weight excluding hydrogens is 514 g/mol. The van der Waals surface area contributed by atoms with Crippen LogP contribution in [0, 0.1) is 0 Å². The van der Waals surface area contributed by atoms with Crippen LogP contribution in [0.25, 0.3) is 6.08 Å². The van der Waals surface area contributed by atoms with Gasteiger partial charge in [-0.05, 0) is 62.2 Å². The van der Waals surface area contributed by atoms with Crippen molar-refractivity contribution in [3.05, 3.63) is 95.6 Å². The SMILES string of the molecule is CCN(CC)C(=O)C1=C(C)N=c2s/c(=C/c3ccc(OCC(=O)O)cc3)c(=O)n2[C@@H]1c1ccc(Cl)cc1. The van der Waals surface area contributed by atoms with Crippen LogP contribution in [0.4, 0.5) is 0 Å². The smallest absolute Gasteiger partial charge is 0.341 e. The molecule has 1 aromatic heterocycles. The minimum absolute atomic E-state index is 0.155. The van der Waals surface area contributed by atoms with E-state index >= 15 is 0 Å². The summed E-state index contributed by atoms with van der Waals surface area (Å²) in [6.07, 6.45) is 1.74. The number of carbonyl (C=O) groups excluding carboxylic acids is 1. The van der Waals surface area contributed by atoms with E-state index in [1.54, 1.807) is 58.9 Å². The van der Waals surface area contributed by atoms with Crippen LogP contribution in [-0.4, -0.2) is 46.1 Å². The molecule has 2 aromatic carbocycles. The van der Waals surface area contributed by atoms with Gasteiger partial charge < -0.3 is 14.7 Å². The second-order valence-corrected chi connectivity index (χ2v) is 9.81. The van der Waals surface area contributed by atoms with E-state index in [9.17, 15) is 14.4 Å². The molecule has 0 fully saturated rings. The fourth-order valence-corrected chi connectivity index (χ4v) is 5.37. The Morgan fingerprint density at radius 3 is 2.38 bits per heavy atom. The average Bonchev–Trinajstić information content (AvgIpc) is 3.18. The highest BCUT2D eigenvalue weighted by Crippen LogP contribution is 2.31. The molecule has 4 rings (SSSR count). The van der Waals surface area contributed by atoms with Crippen molar-refractivity contribution in [1.29, 1.82) is 0 Å². The van der Waals surface area contributed by atoms with Gasteiger partial charge in [-0.1, -0.05) is 47.2 Å². The molecule has 1 aliphatic rings. The van der Waals surface area contributed by atoms with Crippen LogP contribution >= 0.6 is 22.9 Å². The maximum absolute atomic E-state index is 13.7. The van der Waals surface area contributed by atoms with E-state index in [4.69, 9.17) is 21.4 Å². The number of nitrogens with zero attached hydrogens (tertiary/aromatic N) is 3. The van der Waals surface area contributed by atoms with Crippen molar-refractivity contribution in [2.24, 2.45) is 4.99 Å². The number of rotatable bonds is 8. The van der Waals surface area contributed by atoms with Crippen LogP contribution < -0.4 is 19.6 Å². The maximum atomic E-state index is 13.7. The number of ether oxygens (including phenoxy) is 1. The number of allylic oxidation sites excluding steroid dienone is 1. The minimum atomic E-state index is -1.06. The molecule has 0 aliphatic carbocycles. The van der Waals surface area contributed by atoms with Crippen LogP contribution in [0.3, 0.4) is 0 Å². The first-order chi connectivity index (χ1) is 17.7. The molecule has 0 bridgehead atoms. The third kappa shape index (κ3) is 5.52. The second kappa shape index (κ2) is 11.1. The summed E-state index contributed by atoms with van der Waals surface area (Å²) in [5, 5.41) is 9.33. The van der Waals surface area contributed by atoms with Crippen molar-refractivity contribution in [3.63, 3.8) is 0 Å². The van der Waals surface area contributed by atoms with Gasteiger partial charge in [-0.3, -0.25) is 14.2 Å². The molecule has 37 heavy (non-hydrogen) atoms. The Morgan fingerprint density at radius 2 is 1.78 bits per heavy atom. The summed E-state index contributed by atoms with van der Waals surface area (Å²) in [5.74, 6) is -0.800. The number of aliphatic carboxylic acids is 1. The van der Waals surface area contributed by atoms with Crippen molar-refractivity contribution in [2.45, 2.75) is 26.8 Å². The fraction of sp³-hybridized carbons (Fsp3) is 0.259. The highest BCUT2D eigenvalue weighted by Gasteiger charge is 2.34. The highest BCUT2D eigenvalue weighted by molar-refractivity contribution is 7.07. The summed E-state index contributed by atoms with van der Waals surface area (Å²) < 4.78 is 7.21. The van der Waals surface area contributed by atoms with E-state index in [-0.39, 0.29) is 11.5 Å². The third-order valence-electron chi connectivity index (χ3n) is 6.03. The molecule has 0 unspecified atom stereocenters. The first-order valence-electron chi connectivity index (χ1n) is 11.7. The van der Waals surface area contributed by atoms with Gasteiger partial charge in [0.15, 0.2) is 11.4 Å². The van der Waals surface area contributed by atoms with E-state index in [0.717, 1.165) is 11.1 Å². The van der Waals surface area contributed by atoms with Gasteiger partial charge >= 0.3 is 5.97 Å². The number of aromatic nitrogens is 1. The normalized spacial score (nSPS) is 15.2. The number of likely N-dealkylation sites (N-methyl/N-ethyl adjacent to an activating group) is 1. The zero-order valence-corrected chi connectivity index (χ0v) is 22.2. The molecule has 3 aromatic rings. The van der Waals surface area contributed by atoms with E-state index in [1.807, 2.05) is 26.0 Å². The minimum Gasteiger partial charge on any atom is -0.482 e. The van der Waals surface area contributed by atoms with Crippen LogP contribution in [-0.2, 0) is 9.59 Å². The Bertz CT molecular complexity index is 1530. The number of carboxylic acid groups (broad SMARTS) is 1. The molecule has 192 valence electrons.